The van der Waals surface area contributed by atoms with Crippen LogP contribution >= 0.6 is 0 Å². The van der Waals surface area contributed by atoms with E-state index < -0.39 is 15.8 Å². The van der Waals surface area contributed by atoms with Gasteiger partial charge in [-0.25, -0.2) is 14.0 Å². The van der Waals surface area contributed by atoms with Gasteiger partial charge in [0.05, 0.1) is 16.3 Å². The molecule has 1 aromatic heterocycles. The highest BCUT2D eigenvalue weighted by atomic mass is 32.2. The van der Waals surface area contributed by atoms with Crippen LogP contribution in [-0.4, -0.2) is 50.3 Å². The summed E-state index contributed by atoms with van der Waals surface area (Å²) < 4.78 is 16.7. The number of hydrogen-bond donors (Lipinski definition) is 4. The van der Waals surface area contributed by atoms with E-state index in [0.717, 1.165) is 5.56 Å². The predicted octanol–water partition coefficient (Wildman–Crippen LogP) is 2.90. The first-order valence-electron chi connectivity index (χ1n) is 9.21. The number of carbonyl (C=O) groups is 1. The Balaban J connectivity index is 2.26. The predicted molar refractivity (Wildman–Crippen MR) is 115 cm³/mol. The molecule has 4 N–H and O–H groups in total. The molecule has 1 heterocycles. The summed E-state index contributed by atoms with van der Waals surface area (Å²) in [5.74, 6) is 0.956. The number of aromatic nitrogens is 2. The van der Waals surface area contributed by atoms with Crippen molar-refractivity contribution in [2.24, 2.45) is 4.36 Å². The molecule has 9 nitrogen and oxygen atoms in total. The van der Waals surface area contributed by atoms with Gasteiger partial charge in [0.1, 0.15) is 5.82 Å². The summed E-state index contributed by atoms with van der Waals surface area (Å²) in [5.41, 5.74) is 1.46. The van der Waals surface area contributed by atoms with Gasteiger partial charge in [-0.1, -0.05) is 6.07 Å². The van der Waals surface area contributed by atoms with Crippen LogP contribution in [-0.2, 0) is 9.73 Å². The minimum Gasteiger partial charge on any atom is -0.394 e. The maximum absolute atomic E-state index is 12.9. The molecule has 2 rings (SSSR count). The molecular weight excluding hydrogens is 392 g/mol. The summed E-state index contributed by atoms with van der Waals surface area (Å²) >= 11 is 0. The fourth-order valence-corrected chi connectivity index (χ4v) is 3.50. The minimum atomic E-state index is -2.91. The molecule has 0 aliphatic carbocycles. The molecule has 2 aromatic rings. The van der Waals surface area contributed by atoms with E-state index in [1.807, 2.05) is 13.8 Å². The van der Waals surface area contributed by atoms with Crippen LogP contribution in [0.2, 0.25) is 0 Å². The summed E-state index contributed by atoms with van der Waals surface area (Å²) in [6.07, 6.45) is 3.09. The van der Waals surface area contributed by atoms with Crippen molar-refractivity contribution in [1.82, 2.24) is 15.3 Å². The molecule has 0 bridgehead atoms. The molecule has 0 fully saturated rings. The Morgan fingerprint density at radius 2 is 2.03 bits per heavy atom. The second-order valence-corrected chi connectivity index (χ2v) is 9.36. The Labute approximate surface area is 171 Å². The normalized spacial score (nSPS) is 14.0. The third-order valence-corrected chi connectivity index (χ3v) is 5.47. The number of rotatable bonds is 7. The first-order chi connectivity index (χ1) is 13.6. The molecular formula is C19H28N6O3S. The first kappa shape index (κ1) is 22.6. The van der Waals surface area contributed by atoms with E-state index in [1.165, 1.54) is 6.26 Å². The van der Waals surface area contributed by atoms with Crippen molar-refractivity contribution in [3.63, 3.8) is 0 Å². The molecule has 0 saturated heterocycles. The molecule has 0 aliphatic heterocycles. The van der Waals surface area contributed by atoms with E-state index in [0.29, 0.717) is 22.3 Å². The Kier molecular flexibility index (Phi) is 7.52. The number of aliphatic hydroxyl groups excluding tert-OH is 1. The number of urea groups is 1. The van der Waals surface area contributed by atoms with Crippen molar-refractivity contribution in [2.45, 2.75) is 44.7 Å². The lowest BCUT2D eigenvalue weighted by atomic mass is 10.3. The standard InChI is InChI=1S/C19H28N6O3S/c1-12(2)21-19(27)25-29(5,28)16-8-6-7-15(9-16)23-18-20-10-13(3)17(24-18)22-14(4)11-26/h6-10,12,14,26H,11H2,1-5H3,(H,21,27)(H2,20,22,23,24)/t14-,29?/m1/s1. The van der Waals surface area contributed by atoms with Gasteiger partial charge in [-0.15, -0.1) is 4.36 Å². The smallest absolute Gasteiger partial charge is 0.349 e. The molecule has 0 radical (unpaired) electrons. The highest BCUT2D eigenvalue weighted by Crippen LogP contribution is 2.21. The summed E-state index contributed by atoms with van der Waals surface area (Å²) in [4.78, 5) is 21.0. The van der Waals surface area contributed by atoms with Gasteiger partial charge in [0, 0.05) is 40.7 Å². The molecule has 1 aromatic carbocycles. The monoisotopic (exact) mass is 420 g/mol. The van der Waals surface area contributed by atoms with Crippen LogP contribution in [0.1, 0.15) is 26.3 Å². The lowest BCUT2D eigenvalue weighted by Gasteiger charge is -2.15. The number of carbonyl (C=O) groups excluding carboxylic acids is 1. The zero-order valence-corrected chi connectivity index (χ0v) is 18.1. The Morgan fingerprint density at radius 3 is 2.69 bits per heavy atom. The van der Waals surface area contributed by atoms with Crippen molar-refractivity contribution in [3.05, 3.63) is 36.0 Å². The summed E-state index contributed by atoms with van der Waals surface area (Å²) in [6.45, 7) is 7.30. The Hall–Kier alpha value is -2.72. The quantitative estimate of drug-likeness (QED) is 0.542. The van der Waals surface area contributed by atoms with Crippen molar-refractivity contribution >= 4 is 33.2 Å². The molecule has 0 aliphatic rings. The van der Waals surface area contributed by atoms with Crippen LogP contribution in [0.3, 0.4) is 0 Å². The van der Waals surface area contributed by atoms with Crippen molar-refractivity contribution < 1.29 is 14.1 Å². The van der Waals surface area contributed by atoms with Crippen LogP contribution in [0.25, 0.3) is 0 Å². The second-order valence-electron chi connectivity index (χ2n) is 7.10. The van der Waals surface area contributed by atoms with Gasteiger partial charge in [-0.05, 0) is 45.9 Å². The second kappa shape index (κ2) is 9.66. The van der Waals surface area contributed by atoms with Crippen LogP contribution in [0.4, 0.5) is 22.2 Å². The van der Waals surface area contributed by atoms with E-state index in [-0.39, 0.29) is 18.7 Å². The van der Waals surface area contributed by atoms with E-state index >= 15 is 0 Å². The Morgan fingerprint density at radius 1 is 1.31 bits per heavy atom. The van der Waals surface area contributed by atoms with Gasteiger partial charge in [0.2, 0.25) is 5.95 Å². The molecule has 2 atom stereocenters. The number of benzene rings is 1. The fraction of sp³-hybridized carbons (Fsp3) is 0.421. The molecule has 1 unspecified atom stereocenters. The van der Waals surface area contributed by atoms with Gasteiger partial charge < -0.3 is 21.1 Å². The van der Waals surface area contributed by atoms with Gasteiger partial charge in [0.25, 0.3) is 0 Å². The van der Waals surface area contributed by atoms with Crippen LogP contribution < -0.4 is 16.0 Å². The minimum absolute atomic E-state index is 0.0208. The number of aryl methyl sites for hydroxylation is 1. The number of nitrogens with one attached hydrogen (secondary N) is 3. The summed E-state index contributed by atoms with van der Waals surface area (Å²) in [7, 11) is -2.91. The molecule has 0 saturated carbocycles. The maximum atomic E-state index is 12.9. The zero-order chi connectivity index (χ0) is 21.6. The number of aliphatic hydroxyl groups is 1. The summed E-state index contributed by atoms with van der Waals surface area (Å²) in [6, 6.07) is 5.96. The fourth-order valence-electron chi connectivity index (χ4n) is 2.35. The molecule has 29 heavy (non-hydrogen) atoms. The number of hydrogen-bond acceptors (Lipinski definition) is 7. The first-order valence-corrected chi connectivity index (χ1v) is 11.1. The van der Waals surface area contributed by atoms with Crippen molar-refractivity contribution in [3.8, 4) is 0 Å². The van der Waals surface area contributed by atoms with Crippen LogP contribution in [0, 0.1) is 6.92 Å². The molecule has 10 heteroatoms. The van der Waals surface area contributed by atoms with E-state index in [4.69, 9.17) is 0 Å². The maximum Gasteiger partial charge on any atom is 0.349 e. The number of anilines is 3. The highest BCUT2D eigenvalue weighted by molar-refractivity contribution is 7.93. The summed E-state index contributed by atoms with van der Waals surface area (Å²) in [5, 5.41) is 18.0. The molecule has 2 amide bonds. The number of amides is 2. The van der Waals surface area contributed by atoms with Crippen molar-refractivity contribution in [1.29, 1.82) is 0 Å². The van der Waals surface area contributed by atoms with E-state index in [2.05, 4.69) is 30.3 Å². The van der Waals surface area contributed by atoms with E-state index in [9.17, 15) is 14.1 Å². The lowest BCUT2D eigenvalue weighted by molar-refractivity contribution is 0.247. The SMILES string of the molecule is Cc1cnc(Nc2cccc(S(C)(=O)=NC(=O)NC(C)C)c2)nc1N[C@H](C)CO. The van der Waals surface area contributed by atoms with Gasteiger partial charge >= 0.3 is 6.03 Å². The van der Waals surface area contributed by atoms with Gasteiger partial charge in [0.15, 0.2) is 0 Å². The van der Waals surface area contributed by atoms with Gasteiger partial charge in [-0.3, -0.25) is 0 Å². The number of nitrogens with zero attached hydrogens (tertiary/aromatic N) is 3. The van der Waals surface area contributed by atoms with Gasteiger partial charge in [-0.2, -0.15) is 4.98 Å². The van der Waals surface area contributed by atoms with Crippen LogP contribution in [0.5, 0.6) is 0 Å². The molecule has 158 valence electrons. The van der Waals surface area contributed by atoms with Crippen LogP contribution in [0.15, 0.2) is 39.7 Å². The Bertz CT molecular complexity index is 986. The topological polar surface area (TPSA) is 129 Å². The lowest BCUT2D eigenvalue weighted by Crippen LogP contribution is -2.28. The average Bonchev–Trinajstić information content (AvgIpc) is 2.63. The largest absolute Gasteiger partial charge is 0.394 e. The van der Waals surface area contributed by atoms with Crippen molar-refractivity contribution in [2.75, 3.05) is 23.5 Å². The zero-order valence-electron chi connectivity index (χ0n) is 17.3. The third kappa shape index (κ3) is 6.68. The third-order valence-electron chi connectivity index (χ3n) is 3.83. The highest BCUT2D eigenvalue weighted by Gasteiger charge is 2.12. The van der Waals surface area contributed by atoms with E-state index in [1.54, 1.807) is 44.3 Å². The molecule has 0 spiro atoms. The average molecular weight is 421 g/mol.